The van der Waals surface area contributed by atoms with E-state index in [1.165, 1.54) is 17.0 Å². The van der Waals surface area contributed by atoms with Crippen LogP contribution in [0.25, 0.3) is 6.08 Å². The maximum Gasteiger partial charge on any atom is 0.338 e. The van der Waals surface area contributed by atoms with Gasteiger partial charge >= 0.3 is 5.97 Å². The molecule has 2 saturated heterocycles. The van der Waals surface area contributed by atoms with Crippen LogP contribution in [0, 0.1) is 0 Å². The summed E-state index contributed by atoms with van der Waals surface area (Å²) in [4.78, 5) is 65.4. The highest BCUT2D eigenvalue weighted by Crippen LogP contribution is 2.35. The van der Waals surface area contributed by atoms with Crippen LogP contribution >= 0.6 is 24.0 Å². The van der Waals surface area contributed by atoms with Gasteiger partial charge in [-0.1, -0.05) is 66.5 Å². The van der Waals surface area contributed by atoms with Gasteiger partial charge in [0.1, 0.15) is 10.4 Å². The van der Waals surface area contributed by atoms with Gasteiger partial charge in [-0.25, -0.2) is 4.79 Å². The number of benzene rings is 2. The Morgan fingerprint density at radius 3 is 2.51 bits per heavy atom. The molecule has 2 aromatic carbocycles. The number of nitrogens with one attached hydrogen (secondary N) is 1. The van der Waals surface area contributed by atoms with Gasteiger partial charge in [0.15, 0.2) is 0 Å². The third-order valence-electron chi connectivity index (χ3n) is 5.93. The first-order valence-corrected chi connectivity index (χ1v) is 13.4. The highest BCUT2D eigenvalue weighted by molar-refractivity contribution is 8.26. The lowest BCUT2D eigenvalue weighted by Crippen LogP contribution is -2.44. The Balaban J connectivity index is 1.33. The fourth-order valence-corrected chi connectivity index (χ4v) is 5.32. The lowest BCUT2D eigenvalue weighted by molar-refractivity contribution is -0.141. The van der Waals surface area contributed by atoms with Gasteiger partial charge in [-0.05, 0) is 42.8 Å². The average Bonchev–Trinajstić information content (AvgIpc) is 3.36. The number of anilines is 1. The summed E-state index contributed by atoms with van der Waals surface area (Å²) >= 11 is 6.43. The molecule has 2 aromatic rings. The summed E-state index contributed by atoms with van der Waals surface area (Å²) in [6.07, 6.45) is 4.88. The number of ether oxygens (including phenoxy) is 1. The van der Waals surface area contributed by atoms with E-state index in [-0.39, 0.29) is 30.3 Å². The Morgan fingerprint density at radius 2 is 1.82 bits per heavy atom. The first kappa shape index (κ1) is 27.9. The van der Waals surface area contributed by atoms with Crippen molar-refractivity contribution in [3.8, 4) is 0 Å². The molecule has 1 atom stereocenters. The summed E-state index contributed by atoms with van der Waals surface area (Å²) in [6, 6.07) is 14.7. The number of likely N-dealkylation sites (tertiary alicyclic amines) is 1. The van der Waals surface area contributed by atoms with Crippen molar-refractivity contribution in [1.29, 1.82) is 0 Å². The van der Waals surface area contributed by atoms with E-state index in [2.05, 4.69) is 5.32 Å². The summed E-state index contributed by atoms with van der Waals surface area (Å²) in [5.74, 6) is -2.35. The normalized spacial score (nSPS) is 18.5. The second-order valence-electron chi connectivity index (χ2n) is 8.54. The molecule has 11 heteroatoms. The van der Waals surface area contributed by atoms with Crippen molar-refractivity contribution >= 4 is 69.7 Å². The molecule has 2 aliphatic heterocycles. The Morgan fingerprint density at radius 1 is 1.10 bits per heavy atom. The number of thiocarbonyl (C=S) groups is 1. The summed E-state index contributed by atoms with van der Waals surface area (Å²) < 4.78 is 5.13. The van der Waals surface area contributed by atoms with Gasteiger partial charge < -0.3 is 10.1 Å². The molecule has 1 unspecified atom stereocenters. The predicted octanol–water partition coefficient (Wildman–Crippen LogP) is 3.78. The first-order chi connectivity index (χ1) is 18.8. The van der Waals surface area contributed by atoms with E-state index in [0.717, 1.165) is 22.2 Å². The maximum absolute atomic E-state index is 13.1. The summed E-state index contributed by atoms with van der Waals surface area (Å²) in [6.45, 7) is 1.83. The summed E-state index contributed by atoms with van der Waals surface area (Å²) in [7, 11) is 0. The minimum Gasteiger partial charge on any atom is -0.462 e. The van der Waals surface area contributed by atoms with E-state index >= 15 is 0 Å². The van der Waals surface area contributed by atoms with Gasteiger partial charge in [0, 0.05) is 18.7 Å². The largest absolute Gasteiger partial charge is 0.462 e. The van der Waals surface area contributed by atoms with Crippen molar-refractivity contribution in [2.24, 2.45) is 0 Å². The van der Waals surface area contributed by atoms with Crippen molar-refractivity contribution in [2.45, 2.75) is 25.8 Å². The Kier molecular flexibility index (Phi) is 9.05. The molecule has 0 aliphatic carbocycles. The molecule has 0 saturated carbocycles. The average molecular weight is 564 g/mol. The topological polar surface area (TPSA) is 113 Å². The van der Waals surface area contributed by atoms with Crippen molar-refractivity contribution in [2.75, 3.05) is 18.5 Å². The molecular formula is C28H25N3O6S2. The van der Waals surface area contributed by atoms with Crippen LogP contribution in [0.5, 0.6) is 0 Å². The molecule has 9 nitrogen and oxygen atoms in total. The Hall–Kier alpha value is -4.09. The Bertz CT molecular complexity index is 1370. The third-order valence-corrected chi connectivity index (χ3v) is 7.28. The van der Waals surface area contributed by atoms with Gasteiger partial charge in [0.05, 0.1) is 23.5 Å². The van der Waals surface area contributed by atoms with Crippen LogP contribution < -0.4 is 5.32 Å². The minimum absolute atomic E-state index is 0.133. The van der Waals surface area contributed by atoms with E-state index in [4.69, 9.17) is 17.0 Å². The number of carbonyl (C=O) groups is 5. The first-order valence-electron chi connectivity index (χ1n) is 12.2. The number of rotatable bonds is 9. The molecule has 0 bridgehead atoms. The quantitative estimate of drug-likeness (QED) is 0.212. The molecule has 4 amide bonds. The zero-order valence-corrected chi connectivity index (χ0v) is 22.6. The molecule has 0 spiro atoms. The smallest absolute Gasteiger partial charge is 0.338 e. The zero-order chi connectivity index (χ0) is 27.9. The fraction of sp³-hybridized carbons (Fsp3) is 0.214. The van der Waals surface area contributed by atoms with Gasteiger partial charge in [0.25, 0.3) is 11.8 Å². The van der Waals surface area contributed by atoms with E-state index in [0.29, 0.717) is 16.2 Å². The van der Waals surface area contributed by atoms with Crippen LogP contribution in [-0.4, -0.2) is 62.9 Å². The number of hydrogen-bond donors (Lipinski definition) is 1. The second-order valence-corrected chi connectivity index (χ2v) is 10.2. The van der Waals surface area contributed by atoms with Crippen molar-refractivity contribution < 1.29 is 28.7 Å². The number of esters is 1. The predicted molar refractivity (Wildman–Crippen MR) is 151 cm³/mol. The van der Waals surface area contributed by atoms with Gasteiger partial charge in [-0.3, -0.25) is 29.0 Å². The number of imide groups is 1. The number of carbonyl (C=O) groups excluding carboxylic acids is 5. The molecule has 4 rings (SSSR count). The SMILES string of the molecule is CCOC(=O)c1ccc(NC(=O)CCN2C(=O)CC(N3C(=O)/C(=C/C=C/c4ccccc4)SC3=S)C2=O)cc1. The van der Waals surface area contributed by atoms with Crippen LogP contribution in [0.3, 0.4) is 0 Å². The summed E-state index contributed by atoms with van der Waals surface area (Å²) in [5, 5.41) is 2.67. The van der Waals surface area contributed by atoms with Crippen molar-refractivity contribution in [1.82, 2.24) is 9.80 Å². The molecule has 0 aromatic heterocycles. The number of nitrogens with zero attached hydrogens (tertiary/aromatic N) is 2. The van der Waals surface area contributed by atoms with Crippen LogP contribution in [-0.2, 0) is 23.9 Å². The van der Waals surface area contributed by atoms with Gasteiger partial charge in [0.2, 0.25) is 11.8 Å². The second kappa shape index (κ2) is 12.6. The fourth-order valence-electron chi connectivity index (χ4n) is 4.02. The van der Waals surface area contributed by atoms with Crippen LogP contribution in [0.1, 0.15) is 35.7 Å². The molecule has 2 aliphatic rings. The molecular weight excluding hydrogens is 538 g/mol. The highest BCUT2D eigenvalue weighted by Gasteiger charge is 2.48. The van der Waals surface area contributed by atoms with Crippen molar-refractivity contribution in [3.63, 3.8) is 0 Å². The van der Waals surface area contributed by atoms with E-state index in [1.54, 1.807) is 31.2 Å². The Labute approximate surface area is 234 Å². The van der Waals surface area contributed by atoms with Gasteiger partial charge in [-0.2, -0.15) is 0 Å². The molecule has 1 N–H and O–H groups in total. The number of amides is 4. The van der Waals surface area contributed by atoms with Crippen molar-refractivity contribution in [3.05, 3.63) is 82.8 Å². The van der Waals surface area contributed by atoms with Crippen LogP contribution in [0.4, 0.5) is 5.69 Å². The third kappa shape index (κ3) is 6.68. The molecule has 2 heterocycles. The minimum atomic E-state index is -1.03. The van der Waals surface area contributed by atoms with Crippen LogP contribution in [0.15, 0.2) is 71.7 Å². The molecule has 200 valence electrons. The lowest BCUT2D eigenvalue weighted by Gasteiger charge is -2.21. The zero-order valence-electron chi connectivity index (χ0n) is 21.0. The monoisotopic (exact) mass is 563 g/mol. The maximum atomic E-state index is 13.1. The van der Waals surface area contributed by atoms with E-state index in [9.17, 15) is 24.0 Å². The number of hydrogen-bond acceptors (Lipinski definition) is 8. The number of thioether (sulfide) groups is 1. The molecule has 2 fully saturated rings. The standard InChI is InChI=1S/C28H25N3O6S2/c1-2-37-27(36)19-11-13-20(14-12-19)29-23(32)15-16-30-24(33)17-21(25(30)34)31-26(35)22(39-28(31)38)10-6-9-18-7-4-3-5-8-18/h3-14,21H,2,15-17H2,1H3,(H,29,32)/b9-6+,22-10-. The molecule has 39 heavy (non-hydrogen) atoms. The number of allylic oxidation sites excluding steroid dienone is 2. The van der Waals surface area contributed by atoms with Gasteiger partial charge in [-0.15, -0.1) is 0 Å². The summed E-state index contributed by atoms with van der Waals surface area (Å²) in [5.41, 5.74) is 1.77. The van der Waals surface area contributed by atoms with E-state index < -0.39 is 35.6 Å². The van der Waals surface area contributed by atoms with E-state index in [1.807, 2.05) is 36.4 Å². The lowest BCUT2D eigenvalue weighted by atomic mass is 10.2. The molecule has 0 radical (unpaired) electrons. The van der Waals surface area contributed by atoms with Crippen LogP contribution in [0.2, 0.25) is 0 Å². The highest BCUT2D eigenvalue weighted by atomic mass is 32.2.